The molecule has 2 heterocycles. The van der Waals surface area contributed by atoms with Gasteiger partial charge >= 0.3 is 0 Å². The first kappa shape index (κ1) is 15.9. The van der Waals surface area contributed by atoms with E-state index in [-0.39, 0.29) is 24.4 Å². The molecule has 1 amide bonds. The van der Waals surface area contributed by atoms with Gasteiger partial charge in [0.2, 0.25) is 5.91 Å². The summed E-state index contributed by atoms with van der Waals surface area (Å²) < 4.78 is 2.99. The van der Waals surface area contributed by atoms with Gasteiger partial charge in [0.25, 0.3) is 5.56 Å². The standard InChI is InChI=1S/C17H19N5O2/c1-11-6-12(2)8-13(7-11)20-15(23)4-5-22-10-18-16-14(17(22)24)9-19-21(16)3/h6-10H,4-5H2,1-3H3,(H,20,23). The summed E-state index contributed by atoms with van der Waals surface area (Å²) in [7, 11) is 1.73. The highest BCUT2D eigenvalue weighted by molar-refractivity contribution is 5.90. The highest BCUT2D eigenvalue weighted by Crippen LogP contribution is 2.14. The molecule has 3 aromatic rings. The first-order chi connectivity index (χ1) is 11.4. The maximum Gasteiger partial charge on any atom is 0.264 e. The molecule has 0 atom stereocenters. The molecule has 1 N–H and O–H groups in total. The monoisotopic (exact) mass is 325 g/mol. The Kier molecular flexibility index (Phi) is 4.16. The topological polar surface area (TPSA) is 81.8 Å². The minimum atomic E-state index is -0.188. The molecule has 0 saturated carbocycles. The Hall–Kier alpha value is -2.96. The van der Waals surface area contributed by atoms with E-state index in [4.69, 9.17) is 0 Å². The molecule has 0 unspecified atom stereocenters. The van der Waals surface area contributed by atoms with Crippen LogP contribution in [0.3, 0.4) is 0 Å². The van der Waals surface area contributed by atoms with Crippen molar-refractivity contribution in [3.8, 4) is 0 Å². The summed E-state index contributed by atoms with van der Waals surface area (Å²) in [6.45, 7) is 4.24. The van der Waals surface area contributed by atoms with Gasteiger partial charge in [-0.2, -0.15) is 5.10 Å². The van der Waals surface area contributed by atoms with Crippen LogP contribution in [0.25, 0.3) is 11.0 Å². The van der Waals surface area contributed by atoms with Gasteiger partial charge in [-0.1, -0.05) is 6.07 Å². The molecule has 24 heavy (non-hydrogen) atoms. The van der Waals surface area contributed by atoms with Crippen LogP contribution in [-0.4, -0.2) is 25.2 Å². The van der Waals surface area contributed by atoms with Crippen molar-refractivity contribution in [3.05, 3.63) is 52.2 Å². The molecule has 7 nitrogen and oxygen atoms in total. The Morgan fingerprint density at radius 1 is 1.21 bits per heavy atom. The lowest BCUT2D eigenvalue weighted by molar-refractivity contribution is -0.116. The number of carbonyl (C=O) groups excluding carboxylic acids is 1. The predicted molar refractivity (Wildman–Crippen MR) is 91.9 cm³/mol. The lowest BCUT2D eigenvalue weighted by atomic mass is 10.1. The zero-order valence-corrected chi connectivity index (χ0v) is 13.9. The number of aryl methyl sites for hydroxylation is 4. The number of amides is 1. The summed E-state index contributed by atoms with van der Waals surface area (Å²) >= 11 is 0. The first-order valence-corrected chi connectivity index (χ1v) is 7.69. The Morgan fingerprint density at radius 3 is 2.62 bits per heavy atom. The average Bonchev–Trinajstić information content (AvgIpc) is 2.88. The normalized spacial score (nSPS) is 11.0. The minimum Gasteiger partial charge on any atom is -0.326 e. The average molecular weight is 325 g/mol. The van der Waals surface area contributed by atoms with Gasteiger partial charge in [0, 0.05) is 25.7 Å². The molecule has 0 radical (unpaired) electrons. The van der Waals surface area contributed by atoms with Crippen LogP contribution in [0.1, 0.15) is 17.5 Å². The number of nitrogens with zero attached hydrogens (tertiary/aromatic N) is 4. The molecule has 0 aliphatic heterocycles. The molecule has 7 heteroatoms. The van der Waals surface area contributed by atoms with Crippen molar-refractivity contribution in [2.24, 2.45) is 7.05 Å². The zero-order valence-electron chi connectivity index (χ0n) is 13.9. The predicted octanol–water partition coefficient (Wildman–Crippen LogP) is 1.78. The van der Waals surface area contributed by atoms with E-state index in [2.05, 4.69) is 15.4 Å². The van der Waals surface area contributed by atoms with Gasteiger partial charge in [0.05, 0.1) is 12.5 Å². The van der Waals surface area contributed by atoms with Gasteiger partial charge in [0.15, 0.2) is 5.65 Å². The number of anilines is 1. The highest BCUT2D eigenvalue weighted by Gasteiger charge is 2.10. The number of aromatic nitrogens is 4. The zero-order chi connectivity index (χ0) is 17.3. The molecule has 3 rings (SSSR count). The lowest BCUT2D eigenvalue weighted by Crippen LogP contribution is -2.23. The summed E-state index contributed by atoms with van der Waals surface area (Å²) in [6.07, 6.45) is 3.15. The van der Waals surface area contributed by atoms with Crippen LogP contribution >= 0.6 is 0 Å². The van der Waals surface area contributed by atoms with Gasteiger partial charge in [0.1, 0.15) is 5.39 Å². The van der Waals surface area contributed by atoms with Crippen LogP contribution < -0.4 is 10.9 Å². The van der Waals surface area contributed by atoms with Crippen molar-refractivity contribution < 1.29 is 4.79 Å². The Bertz CT molecular complexity index is 951. The van der Waals surface area contributed by atoms with Gasteiger partial charge in [-0.15, -0.1) is 0 Å². The van der Waals surface area contributed by atoms with Gasteiger partial charge in [-0.3, -0.25) is 18.8 Å². The molecule has 2 aromatic heterocycles. The largest absolute Gasteiger partial charge is 0.326 e. The second kappa shape index (κ2) is 6.27. The van der Waals surface area contributed by atoms with Crippen LogP contribution in [0.5, 0.6) is 0 Å². The Morgan fingerprint density at radius 2 is 1.92 bits per heavy atom. The van der Waals surface area contributed by atoms with Crippen LogP contribution in [0, 0.1) is 13.8 Å². The van der Waals surface area contributed by atoms with E-state index in [1.54, 1.807) is 11.7 Å². The number of hydrogen-bond acceptors (Lipinski definition) is 4. The summed E-state index contributed by atoms with van der Waals surface area (Å²) in [5, 5.41) is 7.34. The minimum absolute atomic E-state index is 0.141. The molecule has 0 fully saturated rings. The third-order valence-electron chi connectivity index (χ3n) is 3.80. The van der Waals surface area contributed by atoms with E-state index >= 15 is 0 Å². The fraction of sp³-hybridized carbons (Fsp3) is 0.294. The maximum atomic E-state index is 12.3. The molecular weight excluding hydrogens is 306 g/mol. The second-order valence-electron chi connectivity index (χ2n) is 5.92. The van der Waals surface area contributed by atoms with E-state index in [1.165, 1.54) is 17.1 Å². The van der Waals surface area contributed by atoms with E-state index in [1.807, 2.05) is 32.0 Å². The molecular formula is C17H19N5O2. The molecule has 124 valence electrons. The number of hydrogen-bond donors (Lipinski definition) is 1. The van der Waals surface area contributed by atoms with Crippen LogP contribution in [0.15, 0.2) is 35.5 Å². The molecule has 0 aliphatic carbocycles. The van der Waals surface area contributed by atoms with Crippen LogP contribution in [0.4, 0.5) is 5.69 Å². The third kappa shape index (κ3) is 3.19. The van der Waals surface area contributed by atoms with Gasteiger partial charge in [-0.25, -0.2) is 4.98 Å². The Labute approximate surface area is 138 Å². The number of nitrogens with one attached hydrogen (secondary N) is 1. The molecule has 0 bridgehead atoms. The van der Waals surface area contributed by atoms with Crippen molar-refractivity contribution in [2.45, 2.75) is 26.8 Å². The summed E-state index contributed by atoms with van der Waals surface area (Å²) in [5.74, 6) is -0.141. The fourth-order valence-electron chi connectivity index (χ4n) is 2.72. The van der Waals surface area contributed by atoms with Crippen LogP contribution in [-0.2, 0) is 18.4 Å². The molecule has 0 saturated heterocycles. The molecule has 0 aliphatic rings. The number of rotatable bonds is 4. The summed E-state index contributed by atoms with van der Waals surface area (Å²) in [5.41, 5.74) is 3.30. The Balaban J connectivity index is 1.70. The quantitative estimate of drug-likeness (QED) is 0.792. The SMILES string of the molecule is Cc1cc(C)cc(NC(=O)CCn2cnc3c(cnn3C)c2=O)c1. The number of carbonyl (C=O) groups is 1. The van der Waals surface area contributed by atoms with Crippen molar-refractivity contribution in [1.29, 1.82) is 0 Å². The maximum absolute atomic E-state index is 12.3. The number of benzene rings is 1. The van der Waals surface area contributed by atoms with Crippen molar-refractivity contribution in [2.75, 3.05) is 5.32 Å². The van der Waals surface area contributed by atoms with Gasteiger partial charge in [-0.05, 0) is 37.1 Å². The highest BCUT2D eigenvalue weighted by atomic mass is 16.2. The first-order valence-electron chi connectivity index (χ1n) is 7.69. The number of fused-ring (bicyclic) bond motifs is 1. The van der Waals surface area contributed by atoms with Crippen molar-refractivity contribution >= 4 is 22.6 Å². The fourth-order valence-corrected chi connectivity index (χ4v) is 2.72. The van der Waals surface area contributed by atoms with E-state index in [0.717, 1.165) is 16.8 Å². The van der Waals surface area contributed by atoms with Crippen molar-refractivity contribution in [1.82, 2.24) is 19.3 Å². The van der Waals surface area contributed by atoms with E-state index in [0.29, 0.717) is 11.0 Å². The van der Waals surface area contributed by atoms with E-state index in [9.17, 15) is 9.59 Å². The lowest BCUT2D eigenvalue weighted by Gasteiger charge is -2.08. The molecule has 0 spiro atoms. The summed E-state index contributed by atoms with van der Waals surface area (Å²) in [6, 6.07) is 5.88. The van der Waals surface area contributed by atoms with E-state index < -0.39 is 0 Å². The smallest absolute Gasteiger partial charge is 0.264 e. The van der Waals surface area contributed by atoms with Crippen LogP contribution in [0.2, 0.25) is 0 Å². The van der Waals surface area contributed by atoms with Gasteiger partial charge < -0.3 is 5.32 Å². The third-order valence-corrected chi connectivity index (χ3v) is 3.80. The second-order valence-corrected chi connectivity index (χ2v) is 5.92. The summed E-state index contributed by atoms with van der Waals surface area (Å²) in [4.78, 5) is 28.7. The molecule has 1 aromatic carbocycles. The van der Waals surface area contributed by atoms with Crippen molar-refractivity contribution in [3.63, 3.8) is 0 Å².